The molecule has 0 aromatic carbocycles. The van der Waals surface area contributed by atoms with E-state index in [1.165, 1.54) is 0 Å². The fourth-order valence-corrected chi connectivity index (χ4v) is 2.24. The van der Waals surface area contributed by atoms with E-state index in [2.05, 4.69) is 6.92 Å². The molecular formula is C12H24N2O2. The zero-order valence-electron chi connectivity index (χ0n) is 10.2. The molecule has 4 nitrogen and oxygen atoms in total. The molecule has 0 aromatic rings. The van der Waals surface area contributed by atoms with Crippen LogP contribution in [0.4, 0.5) is 0 Å². The molecule has 1 saturated heterocycles. The van der Waals surface area contributed by atoms with Crippen molar-refractivity contribution in [3.8, 4) is 0 Å². The van der Waals surface area contributed by atoms with Gasteiger partial charge in [0.1, 0.15) is 0 Å². The van der Waals surface area contributed by atoms with E-state index in [0.29, 0.717) is 32.0 Å². The van der Waals surface area contributed by atoms with Crippen molar-refractivity contribution < 1.29 is 9.90 Å². The number of carbonyl (C=O) groups is 1. The highest BCUT2D eigenvalue weighted by atomic mass is 16.3. The topological polar surface area (TPSA) is 66.6 Å². The van der Waals surface area contributed by atoms with Gasteiger partial charge < -0.3 is 15.7 Å². The molecule has 0 bridgehead atoms. The third kappa shape index (κ3) is 4.10. The lowest BCUT2D eigenvalue weighted by Crippen LogP contribution is -2.29. The smallest absolute Gasteiger partial charge is 0.222 e. The molecule has 16 heavy (non-hydrogen) atoms. The van der Waals surface area contributed by atoms with E-state index in [1.54, 1.807) is 4.90 Å². The summed E-state index contributed by atoms with van der Waals surface area (Å²) in [7, 11) is 0. The fraction of sp³-hybridized carbons (Fsp3) is 0.917. The number of rotatable bonds is 6. The highest BCUT2D eigenvalue weighted by Crippen LogP contribution is 2.17. The van der Waals surface area contributed by atoms with Crippen LogP contribution in [-0.2, 0) is 4.79 Å². The second kappa shape index (κ2) is 6.86. The summed E-state index contributed by atoms with van der Waals surface area (Å²) in [6.07, 6.45) is 4.05. The second-order valence-corrected chi connectivity index (χ2v) is 4.67. The maximum atomic E-state index is 11.8. The summed E-state index contributed by atoms with van der Waals surface area (Å²) < 4.78 is 0. The minimum atomic E-state index is -0.310. The number of β-amino-alcohol motifs (C(OH)–C–C–N with tert-alkyl or cyclic N) is 1. The van der Waals surface area contributed by atoms with E-state index in [4.69, 9.17) is 5.73 Å². The Bertz CT molecular complexity index is 221. The van der Waals surface area contributed by atoms with Crippen molar-refractivity contribution in [2.45, 2.75) is 45.1 Å². The molecule has 0 spiro atoms. The molecule has 1 unspecified atom stereocenters. The molecule has 1 rings (SSSR count). The quantitative estimate of drug-likeness (QED) is 0.704. The van der Waals surface area contributed by atoms with Crippen molar-refractivity contribution in [3.05, 3.63) is 0 Å². The first-order valence-corrected chi connectivity index (χ1v) is 6.33. The molecule has 1 heterocycles. The van der Waals surface area contributed by atoms with Crippen molar-refractivity contribution in [2.24, 2.45) is 11.7 Å². The van der Waals surface area contributed by atoms with Gasteiger partial charge in [-0.3, -0.25) is 4.79 Å². The van der Waals surface area contributed by atoms with Crippen LogP contribution in [-0.4, -0.2) is 41.7 Å². The number of hydrogen-bond acceptors (Lipinski definition) is 3. The molecule has 3 N–H and O–H groups in total. The van der Waals surface area contributed by atoms with Crippen LogP contribution < -0.4 is 5.73 Å². The highest BCUT2D eigenvalue weighted by Gasteiger charge is 2.24. The van der Waals surface area contributed by atoms with Crippen molar-refractivity contribution in [1.82, 2.24) is 4.90 Å². The summed E-state index contributed by atoms with van der Waals surface area (Å²) in [5.74, 6) is 0.758. The van der Waals surface area contributed by atoms with Crippen LogP contribution in [0.15, 0.2) is 0 Å². The Morgan fingerprint density at radius 3 is 2.81 bits per heavy atom. The number of nitrogens with zero attached hydrogens (tertiary/aromatic N) is 1. The lowest BCUT2D eigenvalue weighted by Gasteiger charge is -2.18. The Balaban J connectivity index is 2.23. The van der Waals surface area contributed by atoms with Crippen molar-refractivity contribution in [2.75, 3.05) is 19.6 Å². The largest absolute Gasteiger partial charge is 0.391 e. The van der Waals surface area contributed by atoms with Crippen LogP contribution in [0.3, 0.4) is 0 Å². The normalized spacial score (nSPS) is 22.4. The number of aliphatic hydroxyl groups is 1. The summed E-state index contributed by atoms with van der Waals surface area (Å²) in [6.45, 7) is 4.08. The van der Waals surface area contributed by atoms with E-state index in [0.717, 1.165) is 25.7 Å². The van der Waals surface area contributed by atoms with Crippen molar-refractivity contribution in [1.29, 1.82) is 0 Å². The van der Waals surface area contributed by atoms with Gasteiger partial charge in [-0.1, -0.05) is 13.3 Å². The van der Waals surface area contributed by atoms with Gasteiger partial charge in [0.15, 0.2) is 0 Å². The second-order valence-electron chi connectivity index (χ2n) is 4.67. The Morgan fingerprint density at radius 2 is 2.31 bits per heavy atom. The van der Waals surface area contributed by atoms with Crippen LogP contribution in [0.25, 0.3) is 0 Å². The maximum absolute atomic E-state index is 11.8. The van der Waals surface area contributed by atoms with Gasteiger partial charge >= 0.3 is 0 Å². The van der Waals surface area contributed by atoms with E-state index >= 15 is 0 Å². The number of likely N-dealkylation sites (tertiary alicyclic amines) is 1. The van der Waals surface area contributed by atoms with Crippen LogP contribution in [0, 0.1) is 5.92 Å². The van der Waals surface area contributed by atoms with E-state index < -0.39 is 0 Å². The highest BCUT2D eigenvalue weighted by molar-refractivity contribution is 5.76. The molecule has 94 valence electrons. The Kier molecular flexibility index (Phi) is 5.77. The first-order valence-electron chi connectivity index (χ1n) is 6.33. The molecule has 0 saturated carbocycles. The first-order chi connectivity index (χ1) is 7.67. The average Bonchev–Trinajstić information content (AvgIpc) is 2.70. The van der Waals surface area contributed by atoms with Gasteiger partial charge in [0.2, 0.25) is 5.91 Å². The average molecular weight is 228 g/mol. The zero-order chi connectivity index (χ0) is 12.0. The third-order valence-electron chi connectivity index (χ3n) is 3.43. The molecule has 1 amide bonds. The Labute approximate surface area is 97.8 Å². The van der Waals surface area contributed by atoms with E-state index in [-0.39, 0.29) is 12.0 Å². The third-order valence-corrected chi connectivity index (χ3v) is 3.43. The molecule has 4 heteroatoms. The molecule has 0 aromatic heterocycles. The molecule has 1 fully saturated rings. The Hall–Kier alpha value is -0.610. The van der Waals surface area contributed by atoms with Gasteiger partial charge in [-0.2, -0.15) is 0 Å². The van der Waals surface area contributed by atoms with Gasteiger partial charge in [0.25, 0.3) is 0 Å². The fourth-order valence-electron chi connectivity index (χ4n) is 2.24. The van der Waals surface area contributed by atoms with Gasteiger partial charge in [-0.05, 0) is 31.7 Å². The molecule has 0 radical (unpaired) electrons. The zero-order valence-corrected chi connectivity index (χ0v) is 10.2. The van der Waals surface area contributed by atoms with Crippen molar-refractivity contribution in [3.63, 3.8) is 0 Å². The molecule has 1 aliphatic rings. The predicted octanol–water partition coefficient (Wildman–Crippen LogP) is 0.735. The number of hydrogen-bond donors (Lipinski definition) is 2. The molecular weight excluding hydrogens is 204 g/mol. The Morgan fingerprint density at radius 1 is 1.56 bits per heavy atom. The number of aliphatic hydroxyl groups excluding tert-OH is 1. The van der Waals surface area contributed by atoms with Crippen LogP contribution >= 0.6 is 0 Å². The van der Waals surface area contributed by atoms with Crippen LogP contribution in [0.2, 0.25) is 0 Å². The van der Waals surface area contributed by atoms with Gasteiger partial charge in [-0.15, -0.1) is 0 Å². The van der Waals surface area contributed by atoms with Gasteiger partial charge in [0.05, 0.1) is 6.10 Å². The van der Waals surface area contributed by atoms with E-state index in [9.17, 15) is 9.90 Å². The monoisotopic (exact) mass is 228 g/mol. The minimum absolute atomic E-state index is 0.187. The van der Waals surface area contributed by atoms with Crippen LogP contribution in [0.1, 0.15) is 39.0 Å². The van der Waals surface area contributed by atoms with Gasteiger partial charge in [0, 0.05) is 19.5 Å². The number of amides is 1. The summed E-state index contributed by atoms with van der Waals surface area (Å²) in [6, 6.07) is 0. The van der Waals surface area contributed by atoms with Crippen LogP contribution in [0.5, 0.6) is 0 Å². The molecule has 0 aliphatic carbocycles. The lowest BCUT2D eigenvalue weighted by atomic mass is 9.96. The SMILES string of the molecule is CCC(CCN)CCC(=O)N1CC[C@@H](O)C1. The maximum Gasteiger partial charge on any atom is 0.222 e. The predicted molar refractivity (Wildman–Crippen MR) is 63.9 cm³/mol. The summed E-state index contributed by atoms with van der Waals surface area (Å²) in [5.41, 5.74) is 5.52. The standard InChI is InChI=1S/C12H24N2O2/c1-2-10(5-7-13)3-4-12(16)14-8-6-11(15)9-14/h10-11,15H,2-9,13H2,1H3/t10?,11-/m1/s1. The minimum Gasteiger partial charge on any atom is -0.391 e. The number of carbonyl (C=O) groups excluding carboxylic acids is 1. The van der Waals surface area contributed by atoms with E-state index in [1.807, 2.05) is 0 Å². The first kappa shape index (κ1) is 13.5. The summed E-state index contributed by atoms with van der Waals surface area (Å²) in [5, 5.41) is 9.35. The summed E-state index contributed by atoms with van der Waals surface area (Å²) >= 11 is 0. The summed E-state index contributed by atoms with van der Waals surface area (Å²) in [4.78, 5) is 13.6. The van der Waals surface area contributed by atoms with Crippen molar-refractivity contribution >= 4 is 5.91 Å². The number of nitrogens with two attached hydrogens (primary N) is 1. The lowest BCUT2D eigenvalue weighted by molar-refractivity contribution is -0.130. The molecule has 1 aliphatic heterocycles. The molecule has 2 atom stereocenters. The van der Waals surface area contributed by atoms with Gasteiger partial charge in [-0.25, -0.2) is 0 Å².